The Morgan fingerprint density at radius 3 is 2.33 bits per heavy atom. The van der Waals surface area contributed by atoms with Crippen molar-refractivity contribution in [3.8, 4) is 11.8 Å². The number of rotatable bonds is 8. The molecule has 0 fully saturated rings. The highest BCUT2D eigenvalue weighted by Crippen LogP contribution is 2.26. The molecule has 1 aromatic heterocycles. The molecule has 112 valence electrons. The summed E-state index contributed by atoms with van der Waals surface area (Å²) in [5.41, 5.74) is 7.60. The van der Waals surface area contributed by atoms with Gasteiger partial charge in [-0.25, -0.2) is 0 Å². The molecule has 5 heteroatoms. The van der Waals surface area contributed by atoms with Crippen LogP contribution in [-0.4, -0.2) is 23.2 Å². The van der Waals surface area contributed by atoms with Gasteiger partial charge in [-0.3, -0.25) is 0 Å². The van der Waals surface area contributed by atoms with Crippen LogP contribution in [0, 0.1) is 0 Å². The van der Waals surface area contributed by atoms with Crippen LogP contribution in [0.3, 0.4) is 0 Å². The van der Waals surface area contributed by atoms with Crippen LogP contribution in [0.15, 0.2) is 36.7 Å². The zero-order chi connectivity index (χ0) is 14.9. The van der Waals surface area contributed by atoms with Crippen molar-refractivity contribution in [2.24, 2.45) is 0 Å². The molecule has 0 radical (unpaired) electrons. The van der Waals surface area contributed by atoms with Gasteiger partial charge in [0.05, 0.1) is 13.2 Å². The van der Waals surface area contributed by atoms with Crippen molar-refractivity contribution in [3.05, 3.63) is 42.2 Å². The molecule has 0 aliphatic heterocycles. The minimum Gasteiger partial charge on any atom is -0.476 e. The number of nitrogen functional groups attached to an aromatic ring is 1. The molecule has 0 atom stereocenters. The molecule has 0 bridgehead atoms. The van der Waals surface area contributed by atoms with Gasteiger partial charge in [-0.1, -0.05) is 37.3 Å². The summed E-state index contributed by atoms with van der Waals surface area (Å²) in [6.07, 6.45) is 4.17. The van der Waals surface area contributed by atoms with E-state index in [2.05, 4.69) is 22.1 Å². The molecule has 2 aromatic rings. The van der Waals surface area contributed by atoms with E-state index in [4.69, 9.17) is 15.2 Å². The summed E-state index contributed by atoms with van der Waals surface area (Å²) < 4.78 is 11.1. The molecule has 1 aromatic carbocycles. The Hall–Kier alpha value is -2.30. The summed E-state index contributed by atoms with van der Waals surface area (Å²) in [5.74, 6) is 0.786. The average Bonchev–Trinajstić information content (AvgIpc) is 2.53. The van der Waals surface area contributed by atoms with Crippen LogP contribution in [0.2, 0.25) is 0 Å². The van der Waals surface area contributed by atoms with Gasteiger partial charge in [-0.2, -0.15) is 9.97 Å². The SMILES string of the molecule is CCCOc1ncnc(OCCCc2ccccc2)c1N. The Morgan fingerprint density at radius 2 is 1.67 bits per heavy atom. The van der Waals surface area contributed by atoms with Gasteiger partial charge < -0.3 is 15.2 Å². The van der Waals surface area contributed by atoms with Gasteiger partial charge in [0.2, 0.25) is 11.8 Å². The lowest BCUT2D eigenvalue weighted by Crippen LogP contribution is -2.07. The first-order valence-electron chi connectivity index (χ1n) is 7.21. The van der Waals surface area contributed by atoms with E-state index in [9.17, 15) is 0 Å². The van der Waals surface area contributed by atoms with Crippen molar-refractivity contribution >= 4 is 5.69 Å². The molecule has 0 spiro atoms. The quantitative estimate of drug-likeness (QED) is 0.756. The third-order valence-electron chi connectivity index (χ3n) is 2.95. The lowest BCUT2D eigenvalue weighted by molar-refractivity contribution is 0.286. The zero-order valence-electron chi connectivity index (χ0n) is 12.3. The number of hydrogen-bond acceptors (Lipinski definition) is 5. The number of nitrogens with zero attached hydrogens (tertiary/aromatic N) is 2. The predicted octanol–water partition coefficient (Wildman–Crippen LogP) is 2.86. The summed E-state index contributed by atoms with van der Waals surface area (Å²) in [6, 6.07) is 10.3. The standard InChI is InChI=1S/C16H21N3O2/c1-2-10-20-15-14(17)16(19-12-18-15)21-11-6-9-13-7-4-3-5-8-13/h3-5,7-8,12H,2,6,9-11,17H2,1H3. The van der Waals surface area contributed by atoms with Crippen LogP contribution in [0.25, 0.3) is 0 Å². The van der Waals surface area contributed by atoms with Crippen molar-refractivity contribution in [3.63, 3.8) is 0 Å². The topological polar surface area (TPSA) is 70.3 Å². The largest absolute Gasteiger partial charge is 0.476 e. The van der Waals surface area contributed by atoms with Crippen LogP contribution in [0.1, 0.15) is 25.3 Å². The van der Waals surface area contributed by atoms with Crippen molar-refractivity contribution in [2.45, 2.75) is 26.2 Å². The van der Waals surface area contributed by atoms with Crippen LogP contribution in [-0.2, 0) is 6.42 Å². The number of anilines is 1. The van der Waals surface area contributed by atoms with E-state index in [-0.39, 0.29) is 0 Å². The van der Waals surface area contributed by atoms with E-state index in [0.717, 1.165) is 19.3 Å². The van der Waals surface area contributed by atoms with E-state index < -0.39 is 0 Å². The van der Waals surface area contributed by atoms with Crippen LogP contribution in [0.5, 0.6) is 11.8 Å². The molecule has 0 saturated heterocycles. The predicted molar refractivity (Wildman–Crippen MR) is 82.5 cm³/mol. The maximum absolute atomic E-state index is 5.94. The summed E-state index contributed by atoms with van der Waals surface area (Å²) in [7, 11) is 0. The molecule has 0 amide bonds. The molecular formula is C16H21N3O2. The normalized spacial score (nSPS) is 10.3. The maximum atomic E-state index is 5.94. The summed E-state index contributed by atoms with van der Waals surface area (Å²) in [5, 5.41) is 0. The maximum Gasteiger partial charge on any atom is 0.244 e. The highest BCUT2D eigenvalue weighted by atomic mass is 16.5. The van der Waals surface area contributed by atoms with Gasteiger partial charge >= 0.3 is 0 Å². The highest BCUT2D eigenvalue weighted by Gasteiger charge is 2.10. The number of aryl methyl sites for hydroxylation is 1. The second-order valence-electron chi connectivity index (χ2n) is 4.68. The van der Waals surface area contributed by atoms with E-state index in [1.165, 1.54) is 11.9 Å². The van der Waals surface area contributed by atoms with Gasteiger partial charge in [-0.05, 0) is 24.8 Å². The first kappa shape index (κ1) is 15.1. The number of ether oxygens (including phenoxy) is 2. The molecule has 0 aliphatic carbocycles. The van der Waals surface area contributed by atoms with Gasteiger partial charge in [-0.15, -0.1) is 0 Å². The van der Waals surface area contributed by atoms with Gasteiger partial charge in [0, 0.05) is 0 Å². The molecule has 1 heterocycles. The minimum absolute atomic E-state index is 0.366. The number of nitrogens with two attached hydrogens (primary N) is 1. The number of aromatic nitrogens is 2. The van der Waals surface area contributed by atoms with Gasteiger partial charge in [0.25, 0.3) is 0 Å². The van der Waals surface area contributed by atoms with E-state index in [1.807, 2.05) is 25.1 Å². The Labute approximate surface area is 125 Å². The second-order valence-corrected chi connectivity index (χ2v) is 4.68. The van der Waals surface area contributed by atoms with Gasteiger partial charge in [0.15, 0.2) is 5.69 Å². The fourth-order valence-corrected chi connectivity index (χ4v) is 1.88. The lowest BCUT2D eigenvalue weighted by Gasteiger charge is -2.10. The number of hydrogen-bond donors (Lipinski definition) is 1. The first-order valence-corrected chi connectivity index (χ1v) is 7.21. The highest BCUT2D eigenvalue weighted by molar-refractivity contribution is 5.55. The van der Waals surface area contributed by atoms with Crippen LogP contribution < -0.4 is 15.2 Å². The van der Waals surface area contributed by atoms with E-state index in [0.29, 0.717) is 30.7 Å². The molecule has 2 rings (SSSR count). The lowest BCUT2D eigenvalue weighted by atomic mass is 10.1. The Morgan fingerprint density at radius 1 is 1.00 bits per heavy atom. The second kappa shape index (κ2) is 8.09. The average molecular weight is 287 g/mol. The third-order valence-corrected chi connectivity index (χ3v) is 2.95. The van der Waals surface area contributed by atoms with E-state index >= 15 is 0 Å². The summed E-state index contributed by atoms with van der Waals surface area (Å²) >= 11 is 0. The van der Waals surface area contributed by atoms with E-state index in [1.54, 1.807) is 0 Å². The van der Waals surface area contributed by atoms with Crippen molar-refractivity contribution in [2.75, 3.05) is 18.9 Å². The molecule has 2 N–H and O–H groups in total. The Bertz CT molecular complexity index is 546. The fourth-order valence-electron chi connectivity index (χ4n) is 1.88. The smallest absolute Gasteiger partial charge is 0.244 e. The third kappa shape index (κ3) is 4.63. The minimum atomic E-state index is 0.366. The monoisotopic (exact) mass is 287 g/mol. The van der Waals surface area contributed by atoms with Gasteiger partial charge in [0.1, 0.15) is 6.33 Å². The zero-order valence-corrected chi connectivity index (χ0v) is 12.3. The molecule has 5 nitrogen and oxygen atoms in total. The first-order chi connectivity index (χ1) is 10.3. The molecule has 0 unspecified atom stereocenters. The van der Waals surface area contributed by atoms with Crippen LogP contribution >= 0.6 is 0 Å². The summed E-state index contributed by atoms with van der Waals surface area (Å²) in [6.45, 7) is 3.16. The van der Waals surface area contributed by atoms with Crippen molar-refractivity contribution < 1.29 is 9.47 Å². The molecule has 0 aliphatic rings. The van der Waals surface area contributed by atoms with Crippen LogP contribution in [0.4, 0.5) is 5.69 Å². The summed E-state index contributed by atoms with van der Waals surface area (Å²) in [4.78, 5) is 8.07. The molecular weight excluding hydrogens is 266 g/mol. The van der Waals surface area contributed by atoms with Crippen molar-refractivity contribution in [1.29, 1.82) is 0 Å². The van der Waals surface area contributed by atoms with Crippen molar-refractivity contribution in [1.82, 2.24) is 9.97 Å². The Balaban J connectivity index is 1.83. The molecule has 21 heavy (non-hydrogen) atoms. The number of benzene rings is 1. The fraction of sp³-hybridized carbons (Fsp3) is 0.375. The Kier molecular flexibility index (Phi) is 5.82. The molecule has 0 saturated carbocycles.